The molecule has 1 aromatic heterocycles. The van der Waals surface area contributed by atoms with E-state index in [1.165, 1.54) is 17.4 Å². The molecule has 2 aromatic carbocycles. The van der Waals surface area contributed by atoms with E-state index in [-0.39, 0.29) is 10.2 Å². The molecule has 0 aliphatic rings. The second-order valence-electron chi connectivity index (χ2n) is 4.36. The van der Waals surface area contributed by atoms with Gasteiger partial charge in [-0.2, -0.15) is 0 Å². The van der Waals surface area contributed by atoms with E-state index in [1.807, 2.05) is 25.1 Å². The van der Waals surface area contributed by atoms with Gasteiger partial charge in [0, 0.05) is 6.07 Å². The number of aromatic nitrogens is 1. The van der Waals surface area contributed by atoms with Gasteiger partial charge in [-0.3, -0.25) is 0 Å². The molecule has 3 aromatic rings. The fraction of sp³-hybridized carbons (Fsp3) is 0.0714. The molecule has 0 spiro atoms. The average Bonchev–Trinajstić information content (AvgIpc) is 2.77. The van der Waals surface area contributed by atoms with Gasteiger partial charge in [-0.05, 0) is 46.6 Å². The molecule has 0 aliphatic carbocycles. The quantitative estimate of drug-likeness (QED) is 0.624. The molecule has 0 bridgehead atoms. The SMILES string of the molecule is Cc1ccc2sc(Nc3cc(Br)c(F)cc3F)nc2c1. The van der Waals surface area contributed by atoms with Crippen LogP contribution in [0.3, 0.4) is 0 Å². The van der Waals surface area contributed by atoms with Gasteiger partial charge in [-0.1, -0.05) is 17.4 Å². The van der Waals surface area contributed by atoms with Crippen molar-refractivity contribution < 1.29 is 8.78 Å². The van der Waals surface area contributed by atoms with Crippen LogP contribution in [0, 0.1) is 18.6 Å². The zero-order chi connectivity index (χ0) is 14.3. The predicted octanol–water partition coefficient (Wildman–Crippen LogP) is 5.39. The van der Waals surface area contributed by atoms with Gasteiger partial charge >= 0.3 is 0 Å². The van der Waals surface area contributed by atoms with E-state index >= 15 is 0 Å². The van der Waals surface area contributed by atoms with E-state index < -0.39 is 11.6 Å². The molecule has 0 saturated carbocycles. The Labute approximate surface area is 126 Å². The lowest BCUT2D eigenvalue weighted by Crippen LogP contribution is -1.94. The highest BCUT2D eigenvalue weighted by Crippen LogP contribution is 2.31. The monoisotopic (exact) mass is 354 g/mol. The first-order valence-electron chi connectivity index (χ1n) is 5.82. The van der Waals surface area contributed by atoms with Gasteiger partial charge in [-0.25, -0.2) is 13.8 Å². The lowest BCUT2D eigenvalue weighted by molar-refractivity contribution is 0.581. The Balaban J connectivity index is 1.99. The van der Waals surface area contributed by atoms with Crippen molar-refractivity contribution in [3.05, 3.63) is 52.0 Å². The smallest absolute Gasteiger partial charge is 0.188 e. The minimum atomic E-state index is -0.652. The second-order valence-corrected chi connectivity index (χ2v) is 6.25. The molecule has 0 aliphatic heterocycles. The van der Waals surface area contributed by atoms with Crippen LogP contribution in [0.15, 0.2) is 34.8 Å². The number of benzene rings is 2. The number of hydrogen-bond acceptors (Lipinski definition) is 3. The van der Waals surface area contributed by atoms with E-state index in [2.05, 4.69) is 26.2 Å². The molecule has 1 heterocycles. The van der Waals surface area contributed by atoms with Crippen LogP contribution in [0.25, 0.3) is 10.2 Å². The van der Waals surface area contributed by atoms with Crippen LogP contribution in [0.4, 0.5) is 19.6 Å². The van der Waals surface area contributed by atoms with Crippen LogP contribution in [0.2, 0.25) is 0 Å². The summed E-state index contributed by atoms with van der Waals surface area (Å²) >= 11 is 4.46. The van der Waals surface area contributed by atoms with E-state index in [9.17, 15) is 8.78 Å². The lowest BCUT2D eigenvalue weighted by atomic mass is 10.2. The lowest BCUT2D eigenvalue weighted by Gasteiger charge is -2.05. The van der Waals surface area contributed by atoms with Crippen LogP contribution in [-0.4, -0.2) is 4.98 Å². The Kier molecular flexibility index (Phi) is 3.43. The Morgan fingerprint density at radius 1 is 1.15 bits per heavy atom. The van der Waals surface area contributed by atoms with E-state index in [0.29, 0.717) is 5.13 Å². The van der Waals surface area contributed by atoms with Crippen LogP contribution >= 0.6 is 27.3 Å². The summed E-state index contributed by atoms with van der Waals surface area (Å²) in [5.41, 5.74) is 2.16. The number of fused-ring (bicyclic) bond motifs is 1. The van der Waals surface area contributed by atoms with Gasteiger partial charge in [0.15, 0.2) is 5.13 Å². The second kappa shape index (κ2) is 5.10. The molecule has 6 heteroatoms. The summed E-state index contributed by atoms with van der Waals surface area (Å²) in [7, 11) is 0. The summed E-state index contributed by atoms with van der Waals surface area (Å²) in [6.07, 6.45) is 0. The van der Waals surface area contributed by atoms with E-state index in [4.69, 9.17) is 0 Å². The third kappa shape index (κ3) is 2.53. The number of nitrogens with zero attached hydrogens (tertiary/aromatic N) is 1. The number of hydrogen-bond donors (Lipinski definition) is 1. The van der Waals surface area contributed by atoms with Crippen LogP contribution in [0.5, 0.6) is 0 Å². The van der Waals surface area contributed by atoms with Crippen molar-refractivity contribution in [2.75, 3.05) is 5.32 Å². The Morgan fingerprint density at radius 2 is 1.95 bits per heavy atom. The summed E-state index contributed by atoms with van der Waals surface area (Å²) in [5.74, 6) is -1.28. The minimum absolute atomic E-state index is 0.189. The van der Waals surface area contributed by atoms with Gasteiger partial charge in [0.25, 0.3) is 0 Å². The van der Waals surface area contributed by atoms with Crippen molar-refractivity contribution in [3.63, 3.8) is 0 Å². The molecule has 0 radical (unpaired) electrons. The van der Waals surface area contributed by atoms with Gasteiger partial charge in [-0.15, -0.1) is 0 Å². The molecule has 0 atom stereocenters. The van der Waals surface area contributed by atoms with Gasteiger partial charge < -0.3 is 5.32 Å². The third-order valence-corrected chi connectivity index (χ3v) is 4.35. The van der Waals surface area contributed by atoms with E-state index in [0.717, 1.165) is 21.8 Å². The molecule has 0 saturated heterocycles. The molecule has 0 unspecified atom stereocenters. The Morgan fingerprint density at radius 3 is 2.75 bits per heavy atom. The largest absolute Gasteiger partial charge is 0.329 e. The van der Waals surface area contributed by atoms with Crippen LogP contribution < -0.4 is 5.32 Å². The molecule has 0 amide bonds. The molecular weight excluding hydrogens is 346 g/mol. The number of anilines is 2. The molecule has 20 heavy (non-hydrogen) atoms. The Bertz CT molecular complexity index is 801. The number of thiazole rings is 1. The average molecular weight is 355 g/mol. The maximum absolute atomic E-state index is 13.7. The maximum Gasteiger partial charge on any atom is 0.188 e. The molecule has 3 rings (SSSR count). The van der Waals surface area contributed by atoms with Crippen LogP contribution in [-0.2, 0) is 0 Å². The Hall–Kier alpha value is -1.53. The van der Waals surface area contributed by atoms with Gasteiger partial charge in [0.05, 0.1) is 20.4 Å². The summed E-state index contributed by atoms with van der Waals surface area (Å²) < 4.78 is 28.1. The van der Waals surface area contributed by atoms with Gasteiger partial charge in [0.2, 0.25) is 0 Å². The summed E-state index contributed by atoms with van der Waals surface area (Å²) in [5, 5.41) is 3.46. The zero-order valence-corrected chi connectivity index (χ0v) is 12.8. The predicted molar refractivity (Wildman–Crippen MR) is 81.7 cm³/mol. The molecule has 102 valence electrons. The first kappa shape index (κ1) is 13.5. The van der Waals surface area contributed by atoms with Crippen LogP contribution in [0.1, 0.15) is 5.56 Å². The fourth-order valence-corrected chi connectivity index (χ4v) is 3.03. The number of aryl methyl sites for hydroxylation is 1. The number of rotatable bonds is 2. The fourth-order valence-electron chi connectivity index (χ4n) is 1.82. The number of nitrogens with one attached hydrogen (secondary N) is 1. The normalized spacial score (nSPS) is 11.0. The number of halogens is 3. The first-order chi connectivity index (χ1) is 9.52. The molecule has 0 fully saturated rings. The highest BCUT2D eigenvalue weighted by molar-refractivity contribution is 9.10. The van der Waals surface area contributed by atoms with Gasteiger partial charge in [0.1, 0.15) is 11.6 Å². The molecule has 2 nitrogen and oxygen atoms in total. The molecular formula is C14H9BrF2N2S. The maximum atomic E-state index is 13.7. The standard InChI is InChI=1S/C14H9BrF2N2S/c1-7-2-3-13-12(4-7)19-14(20-13)18-11-5-8(15)9(16)6-10(11)17/h2-6H,1H3,(H,18,19). The third-order valence-electron chi connectivity index (χ3n) is 2.79. The minimum Gasteiger partial charge on any atom is -0.329 e. The van der Waals surface area contributed by atoms with E-state index in [1.54, 1.807) is 0 Å². The first-order valence-corrected chi connectivity index (χ1v) is 7.42. The van der Waals surface area contributed by atoms with Crippen molar-refractivity contribution >= 4 is 48.3 Å². The highest BCUT2D eigenvalue weighted by Gasteiger charge is 2.10. The van der Waals surface area contributed by atoms with Crippen molar-refractivity contribution in [3.8, 4) is 0 Å². The summed E-state index contributed by atoms with van der Waals surface area (Å²) in [6.45, 7) is 1.99. The van der Waals surface area contributed by atoms with Crippen molar-refractivity contribution in [2.24, 2.45) is 0 Å². The van der Waals surface area contributed by atoms with Crippen molar-refractivity contribution in [1.82, 2.24) is 4.98 Å². The summed E-state index contributed by atoms with van der Waals surface area (Å²) in [6, 6.07) is 8.14. The topological polar surface area (TPSA) is 24.9 Å². The zero-order valence-electron chi connectivity index (χ0n) is 10.4. The van der Waals surface area contributed by atoms with Crippen molar-refractivity contribution in [2.45, 2.75) is 6.92 Å². The highest BCUT2D eigenvalue weighted by atomic mass is 79.9. The van der Waals surface area contributed by atoms with Crippen molar-refractivity contribution in [1.29, 1.82) is 0 Å². The molecule has 1 N–H and O–H groups in total. The summed E-state index contributed by atoms with van der Waals surface area (Å²) in [4.78, 5) is 4.39.